The van der Waals surface area contributed by atoms with Crippen LogP contribution in [-0.2, 0) is 9.53 Å². The lowest BCUT2D eigenvalue weighted by Gasteiger charge is -2.49. The summed E-state index contributed by atoms with van der Waals surface area (Å²) in [5, 5.41) is 0. The standard InChI is InChI=1S/C19H30O2/c1-15(2)17(20)21-19(16-9-4-3-5-10-16)14-8-13-18(19)11-6-7-12-18/h16H,1,3-14H2,2H3. The Labute approximate surface area is 129 Å². The van der Waals surface area contributed by atoms with E-state index < -0.39 is 0 Å². The minimum atomic E-state index is -0.167. The minimum absolute atomic E-state index is 0.145. The molecule has 1 spiro atoms. The highest BCUT2D eigenvalue weighted by atomic mass is 16.6. The lowest BCUT2D eigenvalue weighted by atomic mass is 9.63. The van der Waals surface area contributed by atoms with Crippen molar-refractivity contribution in [3.63, 3.8) is 0 Å². The first-order valence-corrected chi connectivity index (χ1v) is 8.99. The van der Waals surface area contributed by atoms with Gasteiger partial charge in [0.25, 0.3) is 0 Å². The summed E-state index contributed by atoms with van der Waals surface area (Å²) < 4.78 is 6.30. The molecule has 21 heavy (non-hydrogen) atoms. The van der Waals surface area contributed by atoms with Gasteiger partial charge in [-0.3, -0.25) is 0 Å². The predicted octanol–water partition coefficient (Wildman–Crippen LogP) is 5.17. The topological polar surface area (TPSA) is 26.3 Å². The van der Waals surface area contributed by atoms with Crippen LogP contribution in [0.2, 0.25) is 0 Å². The van der Waals surface area contributed by atoms with Crippen molar-refractivity contribution in [2.75, 3.05) is 0 Å². The van der Waals surface area contributed by atoms with Gasteiger partial charge in [0.15, 0.2) is 0 Å². The van der Waals surface area contributed by atoms with Gasteiger partial charge in [-0.05, 0) is 57.8 Å². The summed E-state index contributed by atoms with van der Waals surface area (Å²) in [5.74, 6) is 0.448. The lowest BCUT2D eigenvalue weighted by molar-refractivity contribution is -0.183. The lowest BCUT2D eigenvalue weighted by Crippen LogP contribution is -2.52. The largest absolute Gasteiger partial charge is 0.455 e. The first kappa shape index (κ1) is 15.1. The Balaban J connectivity index is 1.93. The monoisotopic (exact) mass is 290 g/mol. The van der Waals surface area contributed by atoms with Crippen molar-refractivity contribution in [2.45, 2.75) is 89.6 Å². The van der Waals surface area contributed by atoms with Crippen LogP contribution in [-0.4, -0.2) is 11.6 Å². The van der Waals surface area contributed by atoms with Gasteiger partial charge in [-0.15, -0.1) is 0 Å². The van der Waals surface area contributed by atoms with Crippen LogP contribution in [0.1, 0.15) is 84.0 Å². The number of rotatable bonds is 3. The maximum Gasteiger partial charge on any atom is 0.333 e. The molecule has 3 rings (SSSR count). The molecule has 0 heterocycles. The van der Waals surface area contributed by atoms with Gasteiger partial charge >= 0.3 is 5.97 Å². The minimum Gasteiger partial charge on any atom is -0.455 e. The maximum atomic E-state index is 12.4. The number of hydrogen-bond donors (Lipinski definition) is 0. The second kappa shape index (κ2) is 5.78. The number of carbonyl (C=O) groups is 1. The molecule has 0 aromatic carbocycles. The van der Waals surface area contributed by atoms with E-state index in [0.717, 1.165) is 6.42 Å². The molecular formula is C19H30O2. The van der Waals surface area contributed by atoms with Gasteiger partial charge in [0.1, 0.15) is 5.60 Å². The fourth-order valence-corrected chi connectivity index (χ4v) is 5.59. The molecule has 0 bridgehead atoms. The Bertz CT molecular complexity index is 408. The van der Waals surface area contributed by atoms with E-state index in [1.807, 2.05) is 0 Å². The maximum absolute atomic E-state index is 12.4. The van der Waals surface area contributed by atoms with E-state index in [1.165, 1.54) is 70.6 Å². The summed E-state index contributed by atoms with van der Waals surface area (Å²) in [6.07, 6.45) is 15.3. The highest BCUT2D eigenvalue weighted by Gasteiger charge is 2.61. The third kappa shape index (κ3) is 2.45. The van der Waals surface area contributed by atoms with Crippen LogP contribution < -0.4 is 0 Å². The molecule has 3 aliphatic rings. The SMILES string of the molecule is C=C(C)C(=O)OC1(C2CCCCC2)CCCC12CCCC2. The van der Waals surface area contributed by atoms with E-state index in [0.29, 0.717) is 16.9 Å². The molecule has 0 radical (unpaired) electrons. The van der Waals surface area contributed by atoms with Crippen LogP contribution in [0.3, 0.4) is 0 Å². The summed E-state index contributed by atoms with van der Waals surface area (Å²) in [6.45, 7) is 5.60. The van der Waals surface area contributed by atoms with Crippen LogP contribution in [0, 0.1) is 11.3 Å². The van der Waals surface area contributed by atoms with E-state index in [4.69, 9.17) is 4.74 Å². The normalized spacial score (nSPS) is 32.4. The summed E-state index contributed by atoms with van der Waals surface area (Å²) >= 11 is 0. The van der Waals surface area contributed by atoms with E-state index in [-0.39, 0.29) is 11.6 Å². The number of hydrogen-bond acceptors (Lipinski definition) is 2. The summed E-state index contributed by atoms with van der Waals surface area (Å²) in [7, 11) is 0. The second-order valence-corrected chi connectivity index (χ2v) is 7.74. The number of esters is 1. The first-order valence-electron chi connectivity index (χ1n) is 8.99. The first-order chi connectivity index (χ1) is 10.1. The van der Waals surface area contributed by atoms with Gasteiger partial charge in [-0.2, -0.15) is 0 Å². The van der Waals surface area contributed by atoms with Crippen molar-refractivity contribution >= 4 is 5.97 Å². The van der Waals surface area contributed by atoms with Crippen molar-refractivity contribution in [3.05, 3.63) is 12.2 Å². The van der Waals surface area contributed by atoms with Crippen molar-refractivity contribution in [1.82, 2.24) is 0 Å². The predicted molar refractivity (Wildman–Crippen MR) is 85.0 cm³/mol. The molecule has 3 aliphatic carbocycles. The van der Waals surface area contributed by atoms with Crippen LogP contribution in [0.5, 0.6) is 0 Å². The van der Waals surface area contributed by atoms with Crippen LogP contribution in [0.25, 0.3) is 0 Å². The molecule has 0 saturated heterocycles. The smallest absolute Gasteiger partial charge is 0.333 e. The third-order valence-corrected chi connectivity index (χ3v) is 6.55. The Morgan fingerprint density at radius 2 is 1.57 bits per heavy atom. The molecule has 0 N–H and O–H groups in total. The Morgan fingerprint density at radius 3 is 2.19 bits per heavy atom. The van der Waals surface area contributed by atoms with Crippen molar-refractivity contribution < 1.29 is 9.53 Å². The van der Waals surface area contributed by atoms with Crippen LogP contribution in [0.15, 0.2) is 12.2 Å². The van der Waals surface area contributed by atoms with E-state index in [9.17, 15) is 4.79 Å². The fourth-order valence-electron chi connectivity index (χ4n) is 5.59. The molecule has 0 aromatic rings. The molecule has 0 aliphatic heterocycles. The fraction of sp³-hybridized carbons (Fsp3) is 0.842. The van der Waals surface area contributed by atoms with Crippen molar-refractivity contribution in [1.29, 1.82) is 0 Å². The van der Waals surface area contributed by atoms with E-state index >= 15 is 0 Å². The van der Waals surface area contributed by atoms with Crippen molar-refractivity contribution in [2.24, 2.45) is 11.3 Å². The zero-order valence-electron chi connectivity index (χ0n) is 13.6. The van der Waals surface area contributed by atoms with Gasteiger partial charge < -0.3 is 4.74 Å². The van der Waals surface area contributed by atoms with Crippen molar-refractivity contribution in [3.8, 4) is 0 Å². The van der Waals surface area contributed by atoms with Crippen LogP contribution in [0.4, 0.5) is 0 Å². The molecule has 0 aromatic heterocycles. The molecule has 2 nitrogen and oxygen atoms in total. The Hall–Kier alpha value is -0.790. The Kier molecular flexibility index (Phi) is 4.16. The molecule has 1 unspecified atom stereocenters. The summed E-state index contributed by atoms with van der Waals surface area (Å²) in [6, 6.07) is 0. The zero-order chi connectivity index (χ0) is 14.9. The Morgan fingerprint density at radius 1 is 0.952 bits per heavy atom. The molecule has 1 atom stereocenters. The van der Waals surface area contributed by atoms with Gasteiger partial charge in [0, 0.05) is 11.0 Å². The van der Waals surface area contributed by atoms with Gasteiger partial charge in [-0.25, -0.2) is 4.79 Å². The number of carbonyl (C=O) groups excluding carboxylic acids is 1. The molecular weight excluding hydrogens is 260 g/mol. The van der Waals surface area contributed by atoms with Gasteiger partial charge in [0.2, 0.25) is 0 Å². The van der Waals surface area contributed by atoms with Gasteiger partial charge in [-0.1, -0.05) is 38.7 Å². The average molecular weight is 290 g/mol. The van der Waals surface area contributed by atoms with Gasteiger partial charge in [0.05, 0.1) is 0 Å². The van der Waals surface area contributed by atoms with Crippen LogP contribution >= 0.6 is 0 Å². The zero-order valence-corrected chi connectivity index (χ0v) is 13.6. The molecule has 3 saturated carbocycles. The molecule has 0 amide bonds. The molecule has 2 heteroatoms. The van der Waals surface area contributed by atoms with E-state index in [2.05, 4.69) is 6.58 Å². The highest BCUT2D eigenvalue weighted by Crippen LogP contribution is 2.62. The average Bonchev–Trinajstić information content (AvgIpc) is 3.10. The van der Waals surface area contributed by atoms with E-state index in [1.54, 1.807) is 6.92 Å². The molecule has 118 valence electrons. The quantitative estimate of drug-likeness (QED) is 0.529. The number of ether oxygens (including phenoxy) is 1. The summed E-state index contributed by atoms with van der Waals surface area (Å²) in [4.78, 5) is 12.4. The highest BCUT2D eigenvalue weighted by molar-refractivity contribution is 5.87. The summed E-state index contributed by atoms with van der Waals surface area (Å²) in [5.41, 5.74) is 0.685. The molecule has 3 fully saturated rings. The third-order valence-electron chi connectivity index (χ3n) is 6.55. The second-order valence-electron chi connectivity index (χ2n) is 7.74.